The van der Waals surface area contributed by atoms with E-state index in [1.807, 2.05) is 29.6 Å². The molecular formula is C22H22N2O4S. The standard InChI is InChI=1S/C22H22N2O4S/c1-27-18-6-3-5-15(21(18)28-2)8-13-20(25)23-16-9-11-17(12-10-16)24-22(26)19-7-4-14-29-19/h3-7,9-12,14H,8,13H2,1-2H3,(H,23,25)(H,24,26). The molecule has 2 aromatic carbocycles. The second-order valence-electron chi connectivity index (χ2n) is 6.21. The number of methoxy groups -OCH3 is 2. The van der Waals surface area contributed by atoms with Gasteiger partial charge in [0, 0.05) is 17.8 Å². The fourth-order valence-electron chi connectivity index (χ4n) is 2.86. The molecule has 150 valence electrons. The maximum atomic E-state index is 12.3. The molecule has 0 aliphatic carbocycles. The molecule has 1 heterocycles. The van der Waals surface area contributed by atoms with Crippen LogP contribution in [0.4, 0.5) is 11.4 Å². The van der Waals surface area contributed by atoms with Crippen LogP contribution in [0.3, 0.4) is 0 Å². The highest BCUT2D eigenvalue weighted by molar-refractivity contribution is 7.12. The number of nitrogens with one attached hydrogen (secondary N) is 2. The number of aryl methyl sites for hydroxylation is 1. The molecule has 0 aliphatic heterocycles. The predicted octanol–water partition coefficient (Wildman–Crippen LogP) is 4.59. The van der Waals surface area contributed by atoms with E-state index in [0.717, 1.165) is 5.56 Å². The third kappa shape index (κ3) is 5.36. The molecule has 0 unspecified atom stereocenters. The molecule has 0 atom stereocenters. The number of amides is 2. The van der Waals surface area contributed by atoms with Gasteiger partial charge in [-0.2, -0.15) is 0 Å². The Morgan fingerprint density at radius 1 is 0.897 bits per heavy atom. The van der Waals surface area contributed by atoms with Gasteiger partial charge < -0.3 is 20.1 Å². The molecule has 0 saturated carbocycles. The van der Waals surface area contributed by atoms with Crippen LogP contribution in [0.25, 0.3) is 0 Å². The number of carbonyl (C=O) groups excluding carboxylic acids is 2. The Kier molecular flexibility index (Phi) is 6.86. The molecular weight excluding hydrogens is 388 g/mol. The second-order valence-corrected chi connectivity index (χ2v) is 7.16. The summed E-state index contributed by atoms with van der Waals surface area (Å²) < 4.78 is 10.7. The number of benzene rings is 2. The molecule has 0 radical (unpaired) electrons. The SMILES string of the molecule is COc1cccc(CCC(=O)Nc2ccc(NC(=O)c3cccs3)cc2)c1OC. The zero-order valence-electron chi connectivity index (χ0n) is 16.2. The van der Waals surface area contributed by atoms with Crippen molar-refractivity contribution in [2.45, 2.75) is 12.8 Å². The third-order valence-electron chi connectivity index (χ3n) is 4.28. The van der Waals surface area contributed by atoms with E-state index >= 15 is 0 Å². The van der Waals surface area contributed by atoms with Crippen LogP contribution >= 0.6 is 11.3 Å². The average molecular weight is 410 g/mol. The summed E-state index contributed by atoms with van der Waals surface area (Å²) in [5, 5.41) is 7.55. The Balaban J connectivity index is 1.54. The number of hydrogen-bond acceptors (Lipinski definition) is 5. The lowest BCUT2D eigenvalue weighted by molar-refractivity contribution is -0.116. The first-order valence-electron chi connectivity index (χ1n) is 9.05. The second kappa shape index (κ2) is 9.75. The molecule has 0 bridgehead atoms. The Morgan fingerprint density at radius 2 is 1.62 bits per heavy atom. The van der Waals surface area contributed by atoms with Crippen LogP contribution in [0.15, 0.2) is 60.0 Å². The lowest BCUT2D eigenvalue weighted by Crippen LogP contribution is -2.13. The molecule has 1 aromatic heterocycles. The topological polar surface area (TPSA) is 76.7 Å². The number of anilines is 2. The minimum atomic E-state index is -0.149. The van der Waals surface area contributed by atoms with E-state index in [-0.39, 0.29) is 11.8 Å². The number of rotatable bonds is 8. The first-order valence-corrected chi connectivity index (χ1v) is 9.93. The summed E-state index contributed by atoms with van der Waals surface area (Å²) in [6.45, 7) is 0. The molecule has 7 heteroatoms. The van der Waals surface area contributed by atoms with Crippen molar-refractivity contribution in [3.05, 3.63) is 70.4 Å². The maximum absolute atomic E-state index is 12.3. The molecule has 29 heavy (non-hydrogen) atoms. The van der Waals surface area contributed by atoms with Gasteiger partial charge in [-0.1, -0.05) is 18.2 Å². The number of para-hydroxylation sites is 1. The highest BCUT2D eigenvalue weighted by Crippen LogP contribution is 2.31. The van der Waals surface area contributed by atoms with Gasteiger partial charge in [-0.15, -0.1) is 11.3 Å². The van der Waals surface area contributed by atoms with E-state index in [1.54, 1.807) is 44.6 Å². The molecule has 3 rings (SSSR count). The molecule has 2 amide bonds. The largest absolute Gasteiger partial charge is 0.493 e. The molecule has 0 spiro atoms. The summed E-state index contributed by atoms with van der Waals surface area (Å²) in [7, 11) is 3.17. The number of hydrogen-bond donors (Lipinski definition) is 2. The van der Waals surface area contributed by atoms with Crippen LogP contribution in [-0.2, 0) is 11.2 Å². The zero-order chi connectivity index (χ0) is 20.6. The van der Waals surface area contributed by atoms with Crippen LogP contribution in [0.1, 0.15) is 21.7 Å². The van der Waals surface area contributed by atoms with Crippen molar-refractivity contribution in [3.63, 3.8) is 0 Å². The van der Waals surface area contributed by atoms with Gasteiger partial charge in [-0.3, -0.25) is 9.59 Å². The summed E-state index contributed by atoms with van der Waals surface area (Å²) in [6, 6.07) is 16.2. The Labute approximate surface area is 173 Å². The van der Waals surface area contributed by atoms with E-state index in [2.05, 4.69) is 10.6 Å². The Bertz CT molecular complexity index is 969. The molecule has 6 nitrogen and oxygen atoms in total. The average Bonchev–Trinajstić information content (AvgIpc) is 3.28. The fraction of sp³-hybridized carbons (Fsp3) is 0.182. The first kappa shape index (κ1) is 20.4. The molecule has 0 fully saturated rings. The lowest BCUT2D eigenvalue weighted by atomic mass is 10.1. The van der Waals surface area contributed by atoms with Crippen molar-refractivity contribution >= 4 is 34.5 Å². The smallest absolute Gasteiger partial charge is 0.265 e. The quantitative estimate of drug-likeness (QED) is 0.569. The summed E-state index contributed by atoms with van der Waals surface area (Å²) in [6.07, 6.45) is 0.835. The highest BCUT2D eigenvalue weighted by atomic mass is 32.1. The maximum Gasteiger partial charge on any atom is 0.265 e. The predicted molar refractivity (Wildman–Crippen MR) is 115 cm³/mol. The number of carbonyl (C=O) groups is 2. The normalized spacial score (nSPS) is 10.3. The minimum absolute atomic E-state index is 0.106. The van der Waals surface area contributed by atoms with E-state index in [9.17, 15) is 9.59 Å². The van der Waals surface area contributed by atoms with Gasteiger partial charge in [-0.05, 0) is 53.8 Å². The van der Waals surface area contributed by atoms with Gasteiger partial charge in [0.25, 0.3) is 5.91 Å². The van der Waals surface area contributed by atoms with Gasteiger partial charge in [0.2, 0.25) is 5.91 Å². The zero-order valence-corrected chi connectivity index (χ0v) is 17.0. The van der Waals surface area contributed by atoms with E-state index in [4.69, 9.17) is 9.47 Å². The molecule has 3 aromatic rings. The molecule has 2 N–H and O–H groups in total. The van der Waals surface area contributed by atoms with E-state index in [0.29, 0.717) is 40.6 Å². The van der Waals surface area contributed by atoms with Crippen molar-refractivity contribution in [2.75, 3.05) is 24.9 Å². The molecule has 0 aliphatic rings. The van der Waals surface area contributed by atoms with Crippen LogP contribution in [0.2, 0.25) is 0 Å². The monoisotopic (exact) mass is 410 g/mol. The first-order chi connectivity index (χ1) is 14.1. The minimum Gasteiger partial charge on any atom is -0.493 e. The summed E-state index contributed by atoms with van der Waals surface area (Å²) >= 11 is 1.38. The van der Waals surface area contributed by atoms with Gasteiger partial charge >= 0.3 is 0 Å². The van der Waals surface area contributed by atoms with Gasteiger partial charge in [-0.25, -0.2) is 0 Å². The van der Waals surface area contributed by atoms with Crippen molar-refractivity contribution < 1.29 is 19.1 Å². The fourth-order valence-corrected chi connectivity index (χ4v) is 3.48. The number of ether oxygens (including phenoxy) is 2. The van der Waals surface area contributed by atoms with Crippen LogP contribution in [-0.4, -0.2) is 26.0 Å². The summed E-state index contributed by atoms with van der Waals surface area (Å²) in [5.41, 5.74) is 2.25. The summed E-state index contributed by atoms with van der Waals surface area (Å²) in [5.74, 6) is 1.04. The van der Waals surface area contributed by atoms with Crippen LogP contribution in [0, 0.1) is 0 Å². The van der Waals surface area contributed by atoms with Crippen molar-refractivity contribution in [2.24, 2.45) is 0 Å². The van der Waals surface area contributed by atoms with Gasteiger partial charge in [0.15, 0.2) is 11.5 Å². The van der Waals surface area contributed by atoms with Crippen molar-refractivity contribution in [1.29, 1.82) is 0 Å². The lowest BCUT2D eigenvalue weighted by Gasteiger charge is -2.12. The van der Waals surface area contributed by atoms with Crippen molar-refractivity contribution in [1.82, 2.24) is 0 Å². The van der Waals surface area contributed by atoms with Crippen LogP contribution in [0.5, 0.6) is 11.5 Å². The molecule has 0 saturated heterocycles. The Hall–Kier alpha value is -3.32. The van der Waals surface area contributed by atoms with Crippen LogP contribution < -0.4 is 20.1 Å². The van der Waals surface area contributed by atoms with Gasteiger partial charge in [0.05, 0.1) is 19.1 Å². The highest BCUT2D eigenvalue weighted by Gasteiger charge is 2.12. The van der Waals surface area contributed by atoms with Gasteiger partial charge in [0.1, 0.15) is 0 Å². The Morgan fingerprint density at radius 3 is 2.24 bits per heavy atom. The van der Waals surface area contributed by atoms with E-state index < -0.39 is 0 Å². The third-order valence-corrected chi connectivity index (χ3v) is 5.15. The number of thiophene rings is 1. The van der Waals surface area contributed by atoms with E-state index in [1.165, 1.54) is 11.3 Å². The summed E-state index contributed by atoms with van der Waals surface area (Å²) in [4.78, 5) is 25.0. The van der Waals surface area contributed by atoms with Crippen molar-refractivity contribution in [3.8, 4) is 11.5 Å².